The number of phenolic OH excluding ortho intramolecular Hbond substituents is 1. The van der Waals surface area contributed by atoms with E-state index in [1.54, 1.807) is 51.1 Å². The normalized spacial score (nSPS) is 15.4. The van der Waals surface area contributed by atoms with E-state index in [9.17, 15) is 24.8 Å². The predicted molar refractivity (Wildman–Crippen MR) is 136 cm³/mol. The van der Waals surface area contributed by atoms with E-state index in [2.05, 4.69) is 5.32 Å². The van der Waals surface area contributed by atoms with Crippen LogP contribution in [0.15, 0.2) is 71.1 Å². The first-order valence-electron chi connectivity index (χ1n) is 11.6. The van der Waals surface area contributed by atoms with Crippen LogP contribution < -0.4 is 10.1 Å². The number of hydrogen-bond donors (Lipinski definition) is 2. The number of allylic oxidation sites excluding steroid dienone is 2. The molecule has 2 aromatic rings. The van der Waals surface area contributed by atoms with Crippen molar-refractivity contribution < 1.29 is 33.8 Å². The second kappa shape index (κ2) is 11.9. The van der Waals surface area contributed by atoms with Crippen LogP contribution in [0.2, 0.25) is 0 Å². The van der Waals surface area contributed by atoms with Crippen molar-refractivity contribution in [3.05, 3.63) is 92.3 Å². The Morgan fingerprint density at radius 3 is 2.35 bits per heavy atom. The standard InChI is InChI=1S/C27H28N2O8/c1-5-36-26(31)23-16(3)28-20(12-10-17-11-13-21(30)22(14-17)35-4)25(27(32)37-6-2)24(23)18-8-7-9-19(15-18)29(33)34/h7-15,24,28,30H,5-6H2,1-4H3. The van der Waals surface area contributed by atoms with Gasteiger partial charge in [0.1, 0.15) is 0 Å². The summed E-state index contributed by atoms with van der Waals surface area (Å²) in [6, 6.07) is 10.5. The molecule has 3 rings (SSSR count). The maximum Gasteiger partial charge on any atom is 0.337 e. The van der Waals surface area contributed by atoms with Crippen molar-refractivity contribution >= 4 is 23.7 Å². The number of nitro benzene ring substituents is 1. The number of aromatic hydroxyl groups is 1. The Bertz CT molecular complexity index is 1310. The number of ether oxygens (including phenoxy) is 3. The molecule has 0 amide bonds. The van der Waals surface area contributed by atoms with Crippen LogP contribution in [0.3, 0.4) is 0 Å². The number of methoxy groups -OCH3 is 1. The number of nitrogens with zero attached hydrogens (tertiary/aromatic N) is 1. The lowest BCUT2D eigenvalue weighted by Crippen LogP contribution is -2.33. The first-order chi connectivity index (χ1) is 17.7. The molecule has 0 saturated carbocycles. The molecule has 10 heteroatoms. The monoisotopic (exact) mass is 508 g/mol. The second-order valence-electron chi connectivity index (χ2n) is 7.98. The molecule has 0 radical (unpaired) electrons. The Labute approximate surface area is 214 Å². The molecule has 0 aromatic heterocycles. The third kappa shape index (κ3) is 5.97. The maximum atomic E-state index is 13.3. The van der Waals surface area contributed by atoms with E-state index in [0.29, 0.717) is 22.5 Å². The number of rotatable bonds is 9. The van der Waals surface area contributed by atoms with E-state index in [-0.39, 0.29) is 41.5 Å². The third-order valence-electron chi connectivity index (χ3n) is 5.64. The number of carbonyl (C=O) groups is 2. The molecule has 1 unspecified atom stereocenters. The highest BCUT2D eigenvalue weighted by Crippen LogP contribution is 2.40. The van der Waals surface area contributed by atoms with Gasteiger partial charge in [-0.1, -0.05) is 24.3 Å². The van der Waals surface area contributed by atoms with Crippen LogP contribution in [0.5, 0.6) is 11.5 Å². The van der Waals surface area contributed by atoms with E-state index in [1.165, 1.54) is 31.4 Å². The van der Waals surface area contributed by atoms with Gasteiger partial charge in [-0.05, 0) is 50.1 Å². The Morgan fingerprint density at radius 2 is 1.73 bits per heavy atom. The molecular formula is C27H28N2O8. The van der Waals surface area contributed by atoms with Crippen molar-refractivity contribution in [2.45, 2.75) is 26.7 Å². The van der Waals surface area contributed by atoms with Gasteiger partial charge < -0.3 is 24.6 Å². The lowest BCUT2D eigenvalue weighted by molar-refractivity contribution is -0.384. The Kier molecular flexibility index (Phi) is 8.68. The van der Waals surface area contributed by atoms with Crippen molar-refractivity contribution in [1.29, 1.82) is 0 Å². The Balaban J connectivity index is 2.24. The highest BCUT2D eigenvalue weighted by molar-refractivity contribution is 6.00. The quantitative estimate of drug-likeness (QED) is 0.287. The summed E-state index contributed by atoms with van der Waals surface area (Å²) in [6.45, 7) is 5.16. The Morgan fingerprint density at radius 1 is 1.05 bits per heavy atom. The van der Waals surface area contributed by atoms with Gasteiger partial charge in [-0.15, -0.1) is 0 Å². The molecular weight excluding hydrogens is 480 g/mol. The van der Waals surface area contributed by atoms with Gasteiger partial charge in [-0.3, -0.25) is 10.1 Å². The molecule has 0 bridgehead atoms. The summed E-state index contributed by atoms with van der Waals surface area (Å²) in [5.41, 5.74) is 1.84. The molecule has 37 heavy (non-hydrogen) atoms. The van der Waals surface area contributed by atoms with Gasteiger partial charge >= 0.3 is 11.9 Å². The first kappa shape index (κ1) is 27.0. The zero-order valence-electron chi connectivity index (χ0n) is 20.9. The van der Waals surface area contributed by atoms with Crippen LogP contribution in [0, 0.1) is 10.1 Å². The average molecular weight is 509 g/mol. The number of carbonyl (C=O) groups excluding carboxylic acids is 2. The lowest BCUT2D eigenvalue weighted by atomic mass is 9.80. The molecule has 0 aliphatic carbocycles. The summed E-state index contributed by atoms with van der Waals surface area (Å²) in [7, 11) is 1.43. The number of dihydropyridines is 1. The summed E-state index contributed by atoms with van der Waals surface area (Å²) in [6.07, 6.45) is 3.32. The van der Waals surface area contributed by atoms with Crippen molar-refractivity contribution in [1.82, 2.24) is 5.32 Å². The van der Waals surface area contributed by atoms with Gasteiger partial charge in [-0.25, -0.2) is 9.59 Å². The van der Waals surface area contributed by atoms with Crippen LogP contribution in [-0.2, 0) is 19.1 Å². The molecule has 1 atom stereocenters. The van der Waals surface area contributed by atoms with E-state index in [4.69, 9.17) is 14.2 Å². The van der Waals surface area contributed by atoms with E-state index in [1.807, 2.05) is 0 Å². The number of nitro groups is 1. The molecule has 2 aromatic carbocycles. The fourth-order valence-corrected chi connectivity index (χ4v) is 4.03. The summed E-state index contributed by atoms with van der Waals surface area (Å²) in [5, 5.41) is 24.5. The number of phenols is 1. The highest BCUT2D eigenvalue weighted by atomic mass is 16.6. The largest absolute Gasteiger partial charge is 0.504 e. The lowest BCUT2D eigenvalue weighted by Gasteiger charge is -2.30. The average Bonchev–Trinajstić information content (AvgIpc) is 2.87. The van der Waals surface area contributed by atoms with Crippen molar-refractivity contribution in [2.24, 2.45) is 0 Å². The van der Waals surface area contributed by atoms with Crippen LogP contribution >= 0.6 is 0 Å². The molecule has 1 heterocycles. The maximum absolute atomic E-state index is 13.3. The molecule has 0 fully saturated rings. The number of benzene rings is 2. The van der Waals surface area contributed by atoms with Crippen LogP contribution in [0.25, 0.3) is 6.08 Å². The molecule has 1 aliphatic heterocycles. The fourth-order valence-electron chi connectivity index (χ4n) is 4.03. The van der Waals surface area contributed by atoms with Crippen molar-refractivity contribution in [3.8, 4) is 11.5 Å². The summed E-state index contributed by atoms with van der Waals surface area (Å²) >= 11 is 0. The minimum absolute atomic E-state index is 0.0227. The van der Waals surface area contributed by atoms with E-state index >= 15 is 0 Å². The number of esters is 2. The molecule has 10 nitrogen and oxygen atoms in total. The molecule has 0 spiro atoms. The predicted octanol–water partition coefficient (Wildman–Crippen LogP) is 4.36. The SMILES string of the molecule is CCOC(=O)C1=C(C)NC(C=Cc2ccc(O)c(OC)c2)=C(C(=O)OCC)C1c1cccc([N+](=O)[O-])c1. The fraction of sp³-hybridized carbons (Fsp3) is 0.259. The zero-order chi connectivity index (χ0) is 27.1. The molecule has 1 aliphatic rings. The number of nitrogens with one attached hydrogen (secondary N) is 1. The summed E-state index contributed by atoms with van der Waals surface area (Å²) < 4.78 is 15.8. The summed E-state index contributed by atoms with van der Waals surface area (Å²) in [4.78, 5) is 37.3. The number of non-ortho nitro benzene ring substituents is 1. The number of hydrogen-bond acceptors (Lipinski definition) is 9. The van der Waals surface area contributed by atoms with Crippen LogP contribution in [-0.4, -0.2) is 42.3 Å². The Hall–Kier alpha value is -4.60. The van der Waals surface area contributed by atoms with Gasteiger partial charge in [0, 0.05) is 23.5 Å². The van der Waals surface area contributed by atoms with Gasteiger partial charge in [0.2, 0.25) is 0 Å². The van der Waals surface area contributed by atoms with E-state index < -0.39 is 22.8 Å². The third-order valence-corrected chi connectivity index (χ3v) is 5.64. The van der Waals surface area contributed by atoms with Gasteiger partial charge in [0.25, 0.3) is 5.69 Å². The van der Waals surface area contributed by atoms with E-state index in [0.717, 1.165) is 0 Å². The topological polar surface area (TPSA) is 137 Å². The minimum Gasteiger partial charge on any atom is -0.504 e. The molecule has 2 N–H and O–H groups in total. The zero-order valence-corrected chi connectivity index (χ0v) is 20.9. The van der Waals surface area contributed by atoms with Crippen LogP contribution in [0.1, 0.15) is 37.8 Å². The van der Waals surface area contributed by atoms with Gasteiger partial charge in [0.05, 0.1) is 42.3 Å². The molecule has 0 saturated heterocycles. The van der Waals surface area contributed by atoms with Crippen molar-refractivity contribution in [3.63, 3.8) is 0 Å². The first-order valence-corrected chi connectivity index (χ1v) is 11.6. The summed E-state index contributed by atoms with van der Waals surface area (Å²) in [5.74, 6) is -2.09. The molecule has 194 valence electrons. The van der Waals surface area contributed by atoms with Crippen LogP contribution in [0.4, 0.5) is 5.69 Å². The highest BCUT2D eigenvalue weighted by Gasteiger charge is 2.39. The smallest absolute Gasteiger partial charge is 0.337 e. The minimum atomic E-state index is -0.992. The van der Waals surface area contributed by atoms with Gasteiger partial charge in [0.15, 0.2) is 11.5 Å². The van der Waals surface area contributed by atoms with Gasteiger partial charge in [-0.2, -0.15) is 0 Å². The van der Waals surface area contributed by atoms with Crippen molar-refractivity contribution in [2.75, 3.05) is 20.3 Å². The second-order valence-corrected chi connectivity index (χ2v) is 7.98.